The van der Waals surface area contributed by atoms with Gasteiger partial charge < -0.3 is 0 Å². The maximum Gasteiger partial charge on any atom is 0.185 e. The SMILES string of the molecule is O=C(/C=C/c1ccc(Cl)cc1Cl)c1ccncc1. The normalized spacial score (nSPS) is 10.8. The van der Waals surface area contributed by atoms with Crippen LogP contribution in [0.5, 0.6) is 0 Å². The molecule has 1 heterocycles. The van der Waals surface area contributed by atoms with Crippen LogP contribution in [0.3, 0.4) is 0 Å². The zero-order valence-corrected chi connectivity index (χ0v) is 10.8. The number of benzene rings is 1. The van der Waals surface area contributed by atoms with Gasteiger partial charge in [0.15, 0.2) is 5.78 Å². The monoisotopic (exact) mass is 277 g/mol. The van der Waals surface area contributed by atoms with E-state index in [0.29, 0.717) is 15.6 Å². The Kier molecular flexibility index (Phi) is 4.13. The smallest absolute Gasteiger partial charge is 0.185 e. The molecule has 1 aromatic carbocycles. The molecule has 0 fully saturated rings. The quantitative estimate of drug-likeness (QED) is 0.619. The number of halogens is 2. The summed E-state index contributed by atoms with van der Waals surface area (Å²) in [5.74, 6) is -0.0941. The lowest BCUT2D eigenvalue weighted by Crippen LogP contribution is -1.93. The fourth-order valence-electron chi connectivity index (χ4n) is 1.41. The molecule has 0 bridgehead atoms. The third kappa shape index (κ3) is 3.19. The number of hydrogen-bond donors (Lipinski definition) is 0. The van der Waals surface area contributed by atoms with E-state index < -0.39 is 0 Å². The van der Waals surface area contributed by atoms with Crippen LogP contribution in [0.1, 0.15) is 15.9 Å². The minimum atomic E-state index is -0.0941. The molecule has 0 unspecified atom stereocenters. The lowest BCUT2D eigenvalue weighted by Gasteiger charge is -1.98. The Hall–Kier alpha value is -1.64. The first-order valence-electron chi connectivity index (χ1n) is 5.24. The van der Waals surface area contributed by atoms with E-state index in [2.05, 4.69) is 4.98 Å². The highest BCUT2D eigenvalue weighted by molar-refractivity contribution is 6.35. The molecule has 0 spiro atoms. The summed E-state index contributed by atoms with van der Waals surface area (Å²) < 4.78 is 0. The zero-order valence-electron chi connectivity index (χ0n) is 9.31. The largest absolute Gasteiger partial charge is 0.289 e. The van der Waals surface area contributed by atoms with E-state index in [0.717, 1.165) is 5.56 Å². The van der Waals surface area contributed by atoms with E-state index in [4.69, 9.17) is 23.2 Å². The van der Waals surface area contributed by atoms with Crippen molar-refractivity contribution in [1.82, 2.24) is 4.98 Å². The Morgan fingerprint density at radius 3 is 2.50 bits per heavy atom. The molecule has 2 rings (SSSR count). The first kappa shape index (κ1) is 12.8. The summed E-state index contributed by atoms with van der Waals surface area (Å²) in [5, 5.41) is 1.08. The number of carbonyl (C=O) groups excluding carboxylic acids is 1. The Morgan fingerprint density at radius 1 is 1.11 bits per heavy atom. The first-order valence-corrected chi connectivity index (χ1v) is 6.00. The molecule has 0 amide bonds. The first-order chi connectivity index (χ1) is 8.66. The Balaban J connectivity index is 2.19. The maximum atomic E-state index is 11.8. The van der Waals surface area contributed by atoms with Gasteiger partial charge in [-0.25, -0.2) is 0 Å². The summed E-state index contributed by atoms with van der Waals surface area (Å²) in [4.78, 5) is 15.7. The number of nitrogens with zero attached hydrogens (tertiary/aromatic N) is 1. The highest BCUT2D eigenvalue weighted by Gasteiger charge is 2.01. The van der Waals surface area contributed by atoms with Crippen LogP contribution in [0.25, 0.3) is 6.08 Å². The van der Waals surface area contributed by atoms with Gasteiger partial charge in [0.25, 0.3) is 0 Å². The van der Waals surface area contributed by atoms with Gasteiger partial charge in [0.2, 0.25) is 0 Å². The van der Waals surface area contributed by atoms with Gasteiger partial charge in [-0.3, -0.25) is 9.78 Å². The summed E-state index contributed by atoms with van der Waals surface area (Å²) in [5.41, 5.74) is 1.34. The number of allylic oxidation sites excluding steroid dienone is 1. The summed E-state index contributed by atoms with van der Waals surface area (Å²) in [6.45, 7) is 0. The molecule has 2 nitrogen and oxygen atoms in total. The minimum Gasteiger partial charge on any atom is -0.289 e. The van der Waals surface area contributed by atoms with Gasteiger partial charge in [-0.2, -0.15) is 0 Å². The van der Waals surface area contributed by atoms with Crippen molar-refractivity contribution in [2.24, 2.45) is 0 Å². The van der Waals surface area contributed by atoms with Crippen molar-refractivity contribution in [3.63, 3.8) is 0 Å². The lowest BCUT2D eigenvalue weighted by molar-refractivity contribution is 0.104. The summed E-state index contributed by atoms with van der Waals surface area (Å²) in [6, 6.07) is 8.46. The molecule has 0 saturated heterocycles. The van der Waals surface area contributed by atoms with Crippen molar-refractivity contribution in [3.05, 3.63) is 70.0 Å². The van der Waals surface area contributed by atoms with Crippen LogP contribution in [0.15, 0.2) is 48.8 Å². The Labute approximate surface area is 115 Å². The van der Waals surface area contributed by atoms with Gasteiger partial charge in [0.05, 0.1) is 0 Å². The van der Waals surface area contributed by atoms with Gasteiger partial charge in [-0.1, -0.05) is 29.3 Å². The molecule has 4 heteroatoms. The number of rotatable bonds is 3. The standard InChI is InChI=1S/C14H9Cl2NO/c15-12-3-1-10(13(16)9-12)2-4-14(18)11-5-7-17-8-6-11/h1-9H/b4-2+. The van der Waals surface area contributed by atoms with E-state index in [1.807, 2.05) is 0 Å². The van der Waals surface area contributed by atoms with E-state index in [-0.39, 0.29) is 5.78 Å². The van der Waals surface area contributed by atoms with Gasteiger partial charge in [-0.05, 0) is 42.0 Å². The van der Waals surface area contributed by atoms with Crippen LogP contribution in [0.2, 0.25) is 10.0 Å². The highest BCUT2D eigenvalue weighted by atomic mass is 35.5. The maximum absolute atomic E-state index is 11.8. The number of hydrogen-bond acceptors (Lipinski definition) is 2. The second-order valence-electron chi connectivity index (χ2n) is 3.60. The van der Waals surface area contributed by atoms with Crippen molar-refractivity contribution < 1.29 is 4.79 Å². The van der Waals surface area contributed by atoms with E-state index in [1.54, 1.807) is 48.8 Å². The van der Waals surface area contributed by atoms with Gasteiger partial charge in [0, 0.05) is 28.0 Å². The summed E-state index contributed by atoms with van der Waals surface area (Å²) in [6.07, 6.45) is 6.30. The molecule has 0 saturated carbocycles. The fraction of sp³-hybridized carbons (Fsp3) is 0. The third-order valence-electron chi connectivity index (χ3n) is 2.34. The second kappa shape index (κ2) is 5.80. The molecule has 0 radical (unpaired) electrons. The molecule has 90 valence electrons. The second-order valence-corrected chi connectivity index (χ2v) is 4.44. The van der Waals surface area contributed by atoms with Crippen molar-refractivity contribution in [2.45, 2.75) is 0 Å². The molecule has 0 aliphatic rings. The van der Waals surface area contributed by atoms with Gasteiger partial charge >= 0.3 is 0 Å². The Bertz CT molecular complexity index is 594. The van der Waals surface area contributed by atoms with Crippen LogP contribution in [-0.4, -0.2) is 10.8 Å². The fourth-order valence-corrected chi connectivity index (χ4v) is 1.89. The van der Waals surface area contributed by atoms with E-state index >= 15 is 0 Å². The minimum absolute atomic E-state index is 0.0941. The molecule has 1 aromatic heterocycles. The van der Waals surface area contributed by atoms with Gasteiger partial charge in [0.1, 0.15) is 0 Å². The molecule has 18 heavy (non-hydrogen) atoms. The zero-order chi connectivity index (χ0) is 13.0. The van der Waals surface area contributed by atoms with E-state index in [1.165, 1.54) is 6.08 Å². The van der Waals surface area contributed by atoms with Crippen LogP contribution >= 0.6 is 23.2 Å². The molecule has 2 aromatic rings. The summed E-state index contributed by atoms with van der Waals surface area (Å²) in [7, 11) is 0. The average molecular weight is 278 g/mol. The molecular formula is C14H9Cl2NO. The van der Waals surface area contributed by atoms with Crippen LogP contribution in [0, 0.1) is 0 Å². The van der Waals surface area contributed by atoms with Crippen LogP contribution in [0.4, 0.5) is 0 Å². The van der Waals surface area contributed by atoms with Crippen LogP contribution in [-0.2, 0) is 0 Å². The number of ketones is 1. The molecule has 0 atom stereocenters. The van der Waals surface area contributed by atoms with Crippen molar-refractivity contribution >= 4 is 35.1 Å². The average Bonchev–Trinajstić information content (AvgIpc) is 2.38. The summed E-state index contributed by atoms with van der Waals surface area (Å²) >= 11 is 11.8. The molecule has 0 aliphatic heterocycles. The van der Waals surface area contributed by atoms with Crippen LogP contribution < -0.4 is 0 Å². The lowest BCUT2D eigenvalue weighted by atomic mass is 10.1. The van der Waals surface area contributed by atoms with E-state index in [9.17, 15) is 4.79 Å². The predicted octanol–water partition coefficient (Wildman–Crippen LogP) is 4.28. The number of aromatic nitrogens is 1. The molecular weight excluding hydrogens is 269 g/mol. The number of carbonyl (C=O) groups is 1. The highest BCUT2D eigenvalue weighted by Crippen LogP contribution is 2.22. The molecule has 0 N–H and O–H groups in total. The number of pyridine rings is 1. The van der Waals surface area contributed by atoms with Crippen molar-refractivity contribution in [3.8, 4) is 0 Å². The van der Waals surface area contributed by atoms with Gasteiger partial charge in [-0.15, -0.1) is 0 Å². The Morgan fingerprint density at radius 2 is 1.83 bits per heavy atom. The molecule has 0 aliphatic carbocycles. The predicted molar refractivity (Wildman–Crippen MR) is 74.1 cm³/mol. The van der Waals surface area contributed by atoms with Crippen molar-refractivity contribution in [1.29, 1.82) is 0 Å². The van der Waals surface area contributed by atoms with Crippen molar-refractivity contribution in [2.75, 3.05) is 0 Å². The topological polar surface area (TPSA) is 30.0 Å². The third-order valence-corrected chi connectivity index (χ3v) is 2.90.